The van der Waals surface area contributed by atoms with Crippen LogP contribution >= 0.6 is 11.3 Å². The first-order valence-corrected chi connectivity index (χ1v) is 4.76. The van der Waals surface area contributed by atoms with Crippen LogP contribution in [-0.4, -0.2) is 4.98 Å². The Balaban J connectivity index is 2.44. The fourth-order valence-corrected chi connectivity index (χ4v) is 1.48. The topological polar surface area (TPSA) is 38.9 Å². The summed E-state index contributed by atoms with van der Waals surface area (Å²) >= 11 is 1.52. The standard InChI is InChI=1S/C8H14N2S/c1-6(2)3-4-7-8(9)11-5-10-7/h5-6H,3-4,9H2,1-2H3. The molecule has 0 radical (unpaired) electrons. The van der Waals surface area contributed by atoms with E-state index in [0.717, 1.165) is 23.0 Å². The molecule has 1 aromatic rings. The van der Waals surface area contributed by atoms with Crippen molar-refractivity contribution in [1.29, 1.82) is 0 Å². The molecule has 2 N–H and O–H groups in total. The number of rotatable bonds is 3. The second-order valence-corrected chi connectivity index (χ2v) is 3.98. The summed E-state index contributed by atoms with van der Waals surface area (Å²) in [4.78, 5) is 4.18. The molecule has 0 unspecified atom stereocenters. The number of thiazole rings is 1. The molecule has 0 saturated carbocycles. The van der Waals surface area contributed by atoms with Crippen molar-refractivity contribution in [2.75, 3.05) is 5.73 Å². The Morgan fingerprint density at radius 2 is 2.36 bits per heavy atom. The van der Waals surface area contributed by atoms with E-state index >= 15 is 0 Å². The lowest BCUT2D eigenvalue weighted by molar-refractivity contribution is 0.583. The van der Waals surface area contributed by atoms with Crippen molar-refractivity contribution < 1.29 is 0 Å². The molecule has 0 bridgehead atoms. The SMILES string of the molecule is CC(C)CCc1ncsc1N. The van der Waals surface area contributed by atoms with Gasteiger partial charge in [0.2, 0.25) is 0 Å². The maximum atomic E-state index is 5.68. The van der Waals surface area contributed by atoms with Gasteiger partial charge in [0, 0.05) is 0 Å². The maximum absolute atomic E-state index is 5.68. The molecule has 0 aliphatic carbocycles. The summed E-state index contributed by atoms with van der Waals surface area (Å²) < 4.78 is 0. The van der Waals surface area contributed by atoms with Gasteiger partial charge in [0.25, 0.3) is 0 Å². The minimum atomic E-state index is 0.732. The molecule has 0 aliphatic rings. The van der Waals surface area contributed by atoms with Gasteiger partial charge < -0.3 is 5.73 Å². The van der Waals surface area contributed by atoms with Crippen molar-refractivity contribution in [3.8, 4) is 0 Å². The lowest BCUT2D eigenvalue weighted by Gasteiger charge is -2.01. The van der Waals surface area contributed by atoms with Crippen molar-refractivity contribution in [3.05, 3.63) is 11.2 Å². The second-order valence-electron chi connectivity index (χ2n) is 3.10. The van der Waals surface area contributed by atoms with E-state index in [9.17, 15) is 0 Å². The van der Waals surface area contributed by atoms with Crippen LogP contribution in [0.5, 0.6) is 0 Å². The first-order chi connectivity index (χ1) is 5.20. The van der Waals surface area contributed by atoms with E-state index in [-0.39, 0.29) is 0 Å². The average molecular weight is 170 g/mol. The third-order valence-electron chi connectivity index (χ3n) is 1.63. The number of anilines is 1. The van der Waals surface area contributed by atoms with Crippen LogP contribution in [0.25, 0.3) is 0 Å². The lowest BCUT2D eigenvalue weighted by atomic mass is 10.1. The number of nitrogens with two attached hydrogens (primary N) is 1. The zero-order valence-corrected chi connectivity index (χ0v) is 7.82. The molecule has 0 spiro atoms. The summed E-state index contributed by atoms with van der Waals surface area (Å²) in [7, 11) is 0. The molecule has 1 heterocycles. The summed E-state index contributed by atoms with van der Waals surface area (Å²) in [5.41, 5.74) is 8.57. The number of hydrogen-bond donors (Lipinski definition) is 1. The van der Waals surface area contributed by atoms with E-state index in [0.29, 0.717) is 0 Å². The van der Waals surface area contributed by atoms with Crippen molar-refractivity contribution in [2.24, 2.45) is 5.92 Å². The van der Waals surface area contributed by atoms with Crippen LogP contribution in [0.2, 0.25) is 0 Å². The highest BCUT2D eigenvalue weighted by molar-refractivity contribution is 7.13. The molecule has 0 atom stereocenters. The van der Waals surface area contributed by atoms with Crippen molar-refractivity contribution in [2.45, 2.75) is 26.7 Å². The second kappa shape index (κ2) is 3.72. The van der Waals surface area contributed by atoms with Gasteiger partial charge in [-0.25, -0.2) is 4.98 Å². The van der Waals surface area contributed by atoms with Crippen LogP contribution in [0.15, 0.2) is 5.51 Å². The Morgan fingerprint density at radius 1 is 1.64 bits per heavy atom. The molecule has 11 heavy (non-hydrogen) atoms. The number of nitrogens with zero attached hydrogens (tertiary/aromatic N) is 1. The molecule has 1 rings (SSSR count). The van der Waals surface area contributed by atoms with Gasteiger partial charge in [-0.15, -0.1) is 11.3 Å². The summed E-state index contributed by atoms with van der Waals surface area (Å²) in [6.07, 6.45) is 2.20. The van der Waals surface area contributed by atoms with E-state index in [1.54, 1.807) is 0 Å². The first-order valence-electron chi connectivity index (χ1n) is 3.88. The predicted molar refractivity (Wildman–Crippen MR) is 49.7 cm³/mol. The van der Waals surface area contributed by atoms with Gasteiger partial charge in [0.05, 0.1) is 11.2 Å². The van der Waals surface area contributed by atoms with E-state index in [4.69, 9.17) is 5.73 Å². The molecular formula is C8H14N2S. The lowest BCUT2D eigenvalue weighted by Crippen LogP contribution is -1.95. The maximum Gasteiger partial charge on any atom is 0.109 e. The Morgan fingerprint density at radius 3 is 2.82 bits per heavy atom. The van der Waals surface area contributed by atoms with E-state index < -0.39 is 0 Å². The van der Waals surface area contributed by atoms with Gasteiger partial charge in [-0.05, 0) is 18.8 Å². The van der Waals surface area contributed by atoms with Crippen molar-refractivity contribution in [1.82, 2.24) is 4.98 Å². The normalized spacial score (nSPS) is 10.8. The van der Waals surface area contributed by atoms with Crippen LogP contribution in [0.3, 0.4) is 0 Å². The van der Waals surface area contributed by atoms with Gasteiger partial charge in [-0.2, -0.15) is 0 Å². The molecule has 3 heteroatoms. The summed E-state index contributed by atoms with van der Waals surface area (Å²) in [6, 6.07) is 0. The highest BCUT2D eigenvalue weighted by Gasteiger charge is 2.02. The fraction of sp³-hybridized carbons (Fsp3) is 0.625. The molecule has 0 fully saturated rings. The number of hydrogen-bond acceptors (Lipinski definition) is 3. The molecule has 62 valence electrons. The highest BCUT2D eigenvalue weighted by atomic mass is 32.1. The zero-order chi connectivity index (χ0) is 8.27. The molecule has 0 aliphatic heterocycles. The minimum Gasteiger partial charge on any atom is -0.389 e. The minimum absolute atomic E-state index is 0.732. The van der Waals surface area contributed by atoms with Gasteiger partial charge >= 0.3 is 0 Å². The Hall–Kier alpha value is -0.570. The third kappa shape index (κ3) is 2.50. The highest BCUT2D eigenvalue weighted by Crippen LogP contribution is 2.18. The largest absolute Gasteiger partial charge is 0.389 e. The van der Waals surface area contributed by atoms with Crippen molar-refractivity contribution >= 4 is 16.3 Å². The van der Waals surface area contributed by atoms with Crippen LogP contribution in [0.1, 0.15) is 26.0 Å². The summed E-state index contributed by atoms with van der Waals surface area (Å²) in [6.45, 7) is 4.42. The monoisotopic (exact) mass is 170 g/mol. The van der Waals surface area contributed by atoms with Crippen molar-refractivity contribution in [3.63, 3.8) is 0 Å². The average Bonchev–Trinajstić information content (AvgIpc) is 2.31. The van der Waals surface area contributed by atoms with E-state index in [1.165, 1.54) is 17.8 Å². The van der Waals surface area contributed by atoms with Crippen LogP contribution < -0.4 is 5.73 Å². The number of nitrogen functional groups attached to an aromatic ring is 1. The van der Waals surface area contributed by atoms with Gasteiger partial charge in [-0.1, -0.05) is 13.8 Å². The number of aryl methyl sites for hydroxylation is 1. The van der Waals surface area contributed by atoms with E-state index in [1.807, 2.05) is 5.51 Å². The Labute approximate surface area is 71.5 Å². The molecule has 0 saturated heterocycles. The molecule has 1 aromatic heterocycles. The summed E-state index contributed by atoms with van der Waals surface area (Å²) in [5.74, 6) is 0.732. The molecule has 0 aromatic carbocycles. The zero-order valence-electron chi connectivity index (χ0n) is 7.00. The van der Waals surface area contributed by atoms with Crippen LogP contribution in [-0.2, 0) is 6.42 Å². The van der Waals surface area contributed by atoms with Crippen LogP contribution in [0.4, 0.5) is 5.00 Å². The smallest absolute Gasteiger partial charge is 0.109 e. The van der Waals surface area contributed by atoms with E-state index in [2.05, 4.69) is 18.8 Å². The fourth-order valence-electron chi connectivity index (χ4n) is 0.892. The third-order valence-corrected chi connectivity index (χ3v) is 2.33. The van der Waals surface area contributed by atoms with Gasteiger partial charge in [0.15, 0.2) is 0 Å². The molecular weight excluding hydrogens is 156 g/mol. The quantitative estimate of drug-likeness (QED) is 0.756. The predicted octanol–water partition coefficient (Wildman–Crippen LogP) is 2.31. The number of aromatic nitrogens is 1. The Kier molecular flexibility index (Phi) is 2.88. The first kappa shape index (κ1) is 8.53. The Bertz CT molecular complexity index is 218. The molecule has 2 nitrogen and oxygen atoms in total. The molecule has 0 amide bonds. The van der Waals surface area contributed by atoms with Crippen LogP contribution in [0, 0.1) is 5.92 Å². The van der Waals surface area contributed by atoms with Gasteiger partial charge in [0.1, 0.15) is 5.00 Å². The van der Waals surface area contributed by atoms with Gasteiger partial charge in [-0.3, -0.25) is 0 Å². The summed E-state index contributed by atoms with van der Waals surface area (Å²) in [5, 5.41) is 0.880.